The van der Waals surface area contributed by atoms with Gasteiger partial charge >= 0.3 is 0 Å². The third-order valence-corrected chi connectivity index (χ3v) is 3.78. The van der Waals surface area contributed by atoms with Gasteiger partial charge in [-0.25, -0.2) is 4.39 Å². The van der Waals surface area contributed by atoms with Crippen molar-refractivity contribution >= 4 is 17.9 Å². The fraction of sp³-hybridized carbons (Fsp3) is 0.150. The number of phenols is 1. The van der Waals surface area contributed by atoms with Crippen LogP contribution in [0.25, 0.3) is 12.2 Å². The molecular weight excluding hydrogens is 307 g/mol. The van der Waals surface area contributed by atoms with Gasteiger partial charge in [0.2, 0.25) is 0 Å². The molecule has 0 radical (unpaired) electrons. The Morgan fingerprint density at radius 3 is 2.58 bits per heavy atom. The number of rotatable bonds is 3. The van der Waals surface area contributed by atoms with Gasteiger partial charge < -0.3 is 9.84 Å². The smallest absolute Gasteiger partial charge is 0.185 e. The molecule has 0 saturated heterocycles. The lowest BCUT2D eigenvalue weighted by atomic mass is 9.99. The van der Waals surface area contributed by atoms with Crippen LogP contribution in [0.1, 0.15) is 35.3 Å². The third-order valence-electron chi connectivity index (χ3n) is 3.78. The lowest BCUT2D eigenvalue weighted by Crippen LogP contribution is -2.27. The van der Waals surface area contributed by atoms with Crippen LogP contribution in [0.3, 0.4) is 0 Å². The van der Waals surface area contributed by atoms with Gasteiger partial charge in [0.1, 0.15) is 22.9 Å². The summed E-state index contributed by atoms with van der Waals surface area (Å²) >= 11 is 0. The van der Waals surface area contributed by atoms with E-state index in [4.69, 9.17) is 4.74 Å². The van der Waals surface area contributed by atoms with E-state index in [1.807, 2.05) is 26.0 Å². The zero-order chi connectivity index (χ0) is 17.3. The summed E-state index contributed by atoms with van der Waals surface area (Å²) in [5, 5.41) is 10.4. The van der Waals surface area contributed by atoms with Gasteiger partial charge in [-0.3, -0.25) is 4.79 Å². The van der Waals surface area contributed by atoms with E-state index in [0.717, 1.165) is 0 Å². The van der Waals surface area contributed by atoms with Crippen LogP contribution in [0.2, 0.25) is 0 Å². The number of ketones is 1. The predicted molar refractivity (Wildman–Crippen MR) is 91.6 cm³/mol. The van der Waals surface area contributed by atoms with E-state index in [-0.39, 0.29) is 11.5 Å². The van der Waals surface area contributed by atoms with Gasteiger partial charge in [0.05, 0.1) is 5.56 Å². The second-order valence-electron chi connectivity index (χ2n) is 6.16. The number of hydrogen-bond donors (Lipinski definition) is 1. The van der Waals surface area contributed by atoms with Crippen LogP contribution in [0, 0.1) is 5.82 Å². The van der Waals surface area contributed by atoms with E-state index in [0.29, 0.717) is 22.4 Å². The highest BCUT2D eigenvalue weighted by molar-refractivity contribution is 6.07. The van der Waals surface area contributed by atoms with Crippen molar-refractivity contribution < 1.29 is 19.0 Å². The molecule has 122 valence electrons. The molecule has 0 aromatic heterocycles. The number of phenolic OH excluding ortho intramolecular Hbond substituents is 1. The Morgan fingerprint density at radius 2 is 1.88 bits per heavy atom. The van der Waals surface area contributed by atoms with Crippen molar-refractivity contribution in [3.8, 4) is 11.5 Å². The molecule has 0 aliphatic carbocycles. The molecule has 24 heavy (non-hydrogen) atoms. The summed E-state index contributed by atoms with van der Waals surface area (Å²) in [6.45, 7) is 3.86. The maximum atomic E-state index is 12.9. The number of hydrogen-bond acceptors (Lipinski definition) is 3. The topological polar surface area (TPSA) is 46.5 Å². The quantitative estimate of drug-likeness (QED) is 0.662. The van der Waals surface area contributed by atoms with E-state index in [1.165, 1.54) is 36.4 Å². The minimum atomic E-state index is -0.421. The highest BCUT2D eigenvalue weighted by atomic mass is 19.1. The Morgan fingerprint density at radius 1 is 1.17 bits per heavy atom. The van der Waals surface area contributed by atoms with Crippen LogP contribution < -0.4 is 4.74 Å². The normalized spacial score (nSPS) is 15.1. The summed E-state index contributed by atoms with van der Waals surface area (Å²) in [6.07, 6.45) is 6.57. The van der Waals surface area contributed by atoms with Crippen LogP contribution >= 0.6 is 0 Å². The maximum Gasteiger partial charge on any atom is 0.185 e. The standard InChI is InChI=1S/C20H17FO3/c1-20(2)12-11-16-18(24-20)10-6-14(19(16)23)5-9-17(22)13-3-7-15(21)8-4-13/h3-12,23H,1-2H3/b9-5+. The second-order valence-corrected chi connectivity index (χ2v) is 6.16. The molecule has 0 unspecified atom stereocenters. The van der Waals surface area contributed by atoms with Crippen molar-refractivity contribution in [2.75, 3.05) is 0 Å². The van der Waals surface area contributed by atoms with Crippen molar-refractivity contribution in [1.82, 2.24) is 0 Å². The highest BCUT2D eigenvalue weighted by Gasteiger charge is 2.23. The molecule has 2 aromatic rings. The number of halogens is 1. The number of carbonyl (C=O) groups excluding carboxylic acids is 1. The predicted octanol–water partition coefficient (Wildman–Crippen LogP) is 4.61. The van der Waals surface area contributed by atoms with Crippen molar-refractivity contribution in [2.24, 2.45) is 0 Å². The first-order valence-corrected chi connectivity index (χ1v) is 7.58. The van der Waals surface area contributed by atoms with E-state index in [9.17, 15) is 14.3 Å². The number of carbonyl (C=O) groups is 1. The molecule has 1 aliphatic heterocycles. The number of aromatic hydroxyl groups is 1. The van der Waals surface area contributed by atoms with Crippen molar-refractivity contribution in [3.63, 3.8) is 0 Å². The van der Waals surface area contributed by atoms with Crippen LogP contribution in [-0.2, 0) is 0 Å². The molecule has 3 rings (SSSR count). The fourth-order valence-electron chi connectivity index (χ4n) is 2.47. The molecule has 0 atom stereocenters. The van der Waals surface area contributed by atoms with Crippen LogP contribution in [0.4, 0.5) is 4.39 Å². The van der Waals surface area contributed by atoms with Gasteiger partial charge in [0.15, 0.2) is 5.78 Å². The first kappa shape index (κ1) is 16.0. The second kappa shape index (κ2) is 5.96. The average molecular weight is 324 g/mol. The lowest BCUT2D eigenvalue weighted by Gasteiger charge is -2.28. The summed E-state index contributed by atoms with van der Waals surface area (Å²) in [7, 11) is 0. The number of fused-ring (bicyclic) bond motifs is 1. The third kappa shape index (κ3) is 3.23. The zero-order valence-electron chi connectivity index (χ0n) is 13.4. The van der Waals surface area contributed by atoms with Crippen LogP contribution in [-0.4, -0.2) is 16.5 Å². The Balaban J connectivity index is 1.86. The molecule has 1 aliphatic rings. The molecule has 0 bridgehead atoms. The number of ether oxygens (including phenoxy) is 1. The first-order chi connectivity index (χ1) is 11.4. The van der Waals surface area contributed by atoms with Gasteiger partial charge in [-0.15, -0.1) is 0 Å². The van der Waals surface area contributed by atoms with E-state index >= 15 is 0 Å². The Bertz CT molecular complexity index is 846. The van der Waals surface area contributed by atoms with Crippen LogP contribution in [0.5, 0.6) is 11.5 Å². The Hall–Kier alpha value is -2.88. The SMILES string of the molecule is CC1(C)C=Cc2c(ccc(/C=C/C(=O)c3ccc(F)cc3)c2O)O1. The molecule has 3 nitrogen and oxygen atoms in total. The fourth-order valence-corrected chi connectivity index (χ4v) is 2.47. The molecule has 0 spiro atoms. The minimum absolute atomic E-state index is 0.0578. The number of allylic oxidation sites excluding steroid dienone is 1. The van der Waals surface area contributed by atoms with Crippen molar-refractivity contribution in [2.45, 2.75) is 19.4 Å². The maximum absolute atomic E-state index is 12.9. The van der Waals surface area contributed by atoms with E-state index in [1.54, 1.807) is 12.1 Å². The summed E-state index contributed by atoms with van der Waals surface area (Å²) in [6, 6.07) is 8.78. The highest BCUT2D eigenvalue weighted by Crippen LogP contribution is 2.38. The van der Waals surface area contributed by atoms with Gasteiger partial charge in [-0.05, 0) is 74.5 Å². The van der Waals surface area contributed by atoms with Crippen molar-refractivity contribution in [1.29, 1.82) is 0 Å². The summed E-state index contributed by atoms with van der Waals surface area (Å²) in [5.74, 6) is 0.00189. The van der Waals surface area contributed by atoms with E-state index < -0.39 is 11.4 Å². The van der Waals surface area contributed by atoms with Gasteiger partial charge in [0, 0.05) is 11.1 Å². The Kier molecular flexibility index (Phi) is 3.97. The average Bonchev–Trinajstić information content (AvgIpc) is 2.53. The lowest BCUT2D eigenvalue weighted by molar-refractivity contribution is 0.104. The number of benzene rings is 2. The van der Waals surface area contributed by atoms with E-state index in [2.05, 4.69) is 0 Å². The van der Waals surface area contributed by atoms with Gasteiger partial charge in [-0.1, -0.05) is 0 Å². The Labute approximate surface area is 139 Å². The largest absolute Gasteiger partial charge is 0.507 e. The van der Waals surface area contributed by atoms with Gasteiger partial charge in [-0.2, -0.15) is 0 Å². The molecule has 0 saturated carbocycles. The molecule has 0 amide bonds. The summed E-state index contributed by atoms with van der Waals surface area (Å²) in [5.41, 5.74) is 1.06. The molecule has 0 fully saturated rings. The molecule has 4 heteroatoms. The molecule has 2 aromatic carbocycles. The first-order valence-electron chi connectivity index (χ1n) is 7.58. The molecular formula is C20H17FO3. The minimum Gasteiger partial charge on any atom is -0.507 e. The molecule has 1 N–H and O–H groups in total. The van der Waals surface area contributed by atoms with Gasteiger partial charge in [0.25, 0.3) is 0 Å². The monoisotopic (exact) mass is 324 g/mol. The summed E-state index contributed by atoms with van der Waals surface area (Å²) in [4.78, 5) is 12.1. The van der Waals surface area contributed by atoms with Crippen molar-refractivity contribution in [3.05, 3.63) is 71.1 Å². The summed E-state index contributed by atoms with van der Waals surface area (Å²) < 4.78 is 18.7. The van der Waals surface area contributed by atoms with Crippen LogP contribution in [0.15, 0.2) is 48.6 Å². The molecule has 1 heterocycles. The zero-order valence-corrected chi connectivity index (χ0v) is 13.4.